The van der Waals surface area contributed by atoms with Crippen LogP contribution in [0, 0.1) is 0 Å². The van der Waals surface area contributed by atoms with E-state index in [0.717, 1.165) is 11.1 Å². The van der Waals surface area contributed by atoms with E-state index in [9.17, 15) is 28.8 Å². The van der Waals surface area contributed by atoms with Crippen molar-refractivity contribution in [3.63, 3.8) is 0 Å². The molecule has 0 aromatic heterocycles. The molecule has 11 nitrogen and oxygen atoms in total. The summed E-state index contributed by atoms with van der Waals surface area (Å²) in [5, 5.41) is 0. The highest BCUT2D eigenvalue weighted by molar-refractivity contribution is 6.16. The lowest BCUT2D eigenvalue weighted by molar-refractivity contribution is 0.0425. The number of cyclic esters (lactones) is 4. The minimum atomic E-state index is -0.878. The third-order valence-electron chi connectivity index (χ3n) is 7.51. The van der Waals surface area contributed by atoms with Crippen LogP contribution in [0.1, 0.15) is 99.6 Å². The van der Waals surface area contributed by atoms with Crippen molar-refractivity contribution in [3.05, 3.63) is 129 Å². The average Bonchev–Trinajstić information content (AvgIpc) is 3.50. The largest absolute Gasteiger partial charge is 0.489 e. The van der Waals surface area contributed by atoms with E-state index in [1.807, 2.05) is 24.3 Å². The summed E-state index contributed by atoms with van der Waals surface area (Å²) in [6, 6.07) is 20.1. The number of benzene rings is 4. The predicted molar refractivity (Wildman–Crippen MR) is 162 cm³/mol. The monoisotopic (exact) mass is 634 g/mol. The van der Waals surface area contributed by atoms with E-state index in [1.54, 1.807) is 6.07 Å². The molecule has 11 heteroatoms. The fourth-order valence-electron chi connectivity index (χ4n) is 4.93. The molecule has 0 atom stereocenters. The van der Waals surface area contributed by atoms with Crippen molar-refractivity contribution in [2.75, 3.05) is 0 Å². The Morgan fingerprint density at radius 2 is 1.15 bits per heavy atom. The Balaban J connectivity index is 1.23. The molecule has 2 aliphatic rings. The van der Waals surface area contributed by atoms with Crippen LogP contribution in [0.3, 0.4) is 0 Å². The molecule has 2 heterocycles. The Labute approximate surface area is 268 Å². The summed E-state index contributed by atoms with van der Waals surface area (Å²) in [7, 11) is 0. The van der Waals surface area contributed by atoms with E-state index in [2.05, 4.69) is 30.2 Å². The fourth-order valence-corrected chi connectivity index (χ4v) is 4.93. The third kappa shape index (κ3) is 6.50. The molecule has 4 aromatic rings. The molecule has 6 rings (SSSR count). The van der Waals surface area contributed by atoms with Gasteiger partial charge in [0.1, 0.15) is 24.7 Å². The van der Waals surface area contributed by atoms with Crippen molar-refractivity contribution in [3.8, 4) is 11.5 Å². The number of esters is 6. The van der Waals surface area contributed by atoms with Gasteiger partial charge in [0.05, 0.1) is 33.4 Å². The van der Waals surface area contributed by atoms with Gasteiger partial charge in [0.15, 0.2) is 0 Å². The molecule has 2 aliphatic heterocycles. The van der Waals surface area contributed by atoms with Crippen LogP contribution >= 0.6 is 0 Å². The van der Waals surface area contributed by atoms with E-state index < -0.39 is 35.8 Å². The van der Waals surface area contributed by atoms with Gasteiger partial charge in [0.2, 0.25) is 0 Å². The zero-order valence-corrected chi connectivity index (χ0v) is 25.4. The van der Waals surface area contributed by atoms with Gasteiger partial charge < -0.3 is 23.7 Å². The molecule has 0 aliphatic carbocycles. The van der Waals surface area contributed by atoms with Crippen LogP contribution in [0.4, 0.5) is 0 Å². The topological polar surface area (TPSA) is 149 Å². The lowest BCUT2D eigenvalue weighted by Gasteiger charge is -2.19. The SMILES string of the molecule is CC(C)(C)c1ccc(COC(=O)c2cc(OCc3ccc4c(c3)C(=O)OC4=O)cc(OC(=O)c3ccc4c(c3)C(=O)OC4=O)c2)cc1. The summed E-state index contributed by atoms with van der Waals surface area (Å²) >= 11 is 0. The van der Waals surface area contributed by atoms with Gasteiger partial charge in [-0.1, -0.05) is 51.1 Å². The van der Waals surface area contributed by atoms with Crippen LogP contribution < -0.4 is 9.47 Å². The van der Waals surface area contributed by atoms with E-state index >= 15 is 0 Å². The number of hydrogen-bond acceptors (Lipinski definition) is 11. The lowest BCUT2D eigenvalue weighted by atomic mass is 9.87. The first-order valence-electron chi connectivity index (χ1n) is 14.4. The lowest BCUT2D eigenvalue weighted by Crippen LogP contribution is -2.12. The minimum Gasteiger partial charge on any atom is -0.489 e. The van der Waals surface area contributed by atoms with Crippen LogP contribution in [0.2, 0.25) is 0 Å². The molecule has 0 spiro atoms. The standard InChI is InChI=1S/C36H26O11/c1-36(2,3)23-8-4-19(5-9-23)17-44-30(37)22-13-24(43-18-20-6-10-26-28(12-20)34(41)46-32(26)39)16-25(14-22)45-31(38)21-7-11-27-29(15-21)35(42)47-33(27)40/h4-16H,17-18H2,1-3H3. The average molecular weight is 635 g/mol. The van der Waals surface area contributed by atoms with Gasteiger partial charge in [-0.05, 0) is 64.6 Å². The van der Waals surface area contributed by atoms with E-state index in [1.165, 1.54) is 48.5 Å². The Morgan fingerprint density at radius 3 is 1.81 bits per heavy atom. The van der Waals surface area contributed by atoms with Crippen LogP contribution in [0.15, 0.2) is 78.9 Å². The molecule has 47 heavy (non-hydrogen) atoms. The van der Waals surface area contributed by atoms with Gasteiger partial charge in [-0.25, -0.2) is 28.8 Å². The van der Waals surface area contributed by atoms with Gasteiger partial charge in [0.25, 0.3) is 0 Å². The van der Waals surface area contributed by atoms with Crippen molar-refractivity contribution in [2.24, 2.45) is 0 Å². The van der Waals surface area contributed by atoms with Crippen LogP contribution in [0.5, 0.6) is 11.5 Å². The number of fused-ring (bicyclic) bond motifs is 2. The Morgan fingerprint density at radius 1 is 0.574 bits per heavy atom. The van der Waals surface area contributed by atoms with Crippen molar-refractivity contribution in [2.45, 2.75) is 39.4 Å². The number of rotatable bonds is 8. The smallest absolute Gasteiger partial charge is 0.346 e. The summed E-state index contributed by atoms with van der Waals surface area (Å²) < 4.78 is 26.2. The van der Waals surface area contributed by atoms with Gasteiger partial charge >= 0.3 is 35.8 Å². The summed E-state index contributed by atoms with van der Waals surface area (Å²) in [4.78, 5) is 73.8. The molecule has 0 amide bonds. The van der Waals surface area contributed by atoms with Crippen LogP contribution in [-0.2, 0) is 32.8 Å². The summed E-state index contributed by atoms with van der Waals surface area (Å²) in [6.07, 6.45) is 0. The maximum Gasteiger partial charge on any atom is 0.346 e. The molecule has 0 saturated heterocycles. The number of ether oxygens (including phenoxy) is 5. The first-order chi connectivity index (χ1) is 22.4. The molecule has 236 valence electrons. The second-order valence-electron chi connectivity index (χ2n) is 11.9. The van der Waals surface area contributed by atoms with Crippen LogP contribution in [0.25, 0.3) is 0 Å². The van der Waals surface area contributed by atoms with E-state index in [4.69, 9.17) is 14.2 Å². The first kappa shape index (κ1) is 30.9. The quantitative estimate of drug-likeness (QED) is 0.101. The molecule has 0 bridgehead atoms. The number of carbonyl (C=O) groups is 6. The zero-order valence-electron chi connectivity index (χ0n) is 25.4. The van der Waals surface area contributed by atoms with Gasteiger partial charge in [-0.2, -0.15) is 0 Å². The second kappa shape index (κ2) is 12.0. The Hall–Kier alpha value is -6.10. The molecular formula is C36H26O11. The Bertz CT molecular complexity index is 2000. The van der Waals surface area contributed by atoms with Crippen molar-refractivity contribution in [1.82, 2.24) is 0 Å². The highest BCUT2D eigenvalue weighted by atomic mass is 16.6. The van der Waals surface area contributed by atoms with Crippen molar-refractivity contribution >= 4 is 35.8 Å². The molecule has 0 N–H and O–H groups in total. The fraction of sp³-hybridized carbons (Fsp3) is 0.167. The van der Waals surface area contributed by atoms with Crippen molar-refractivity contribution < 1.29 is 52.5 Å². The van der Waals surface area contributed by atoms with Gasteiger partial charge in [0, 0.05) is 6.07 Å². The maximum absolute atomic E-state index is 13.2. The third-order valence-corrected chi connectivity index (χ3v) is 7.51. The molecular weight excluding hydrogens is 608 g/mol. The Kier molecular flexibility index (Phi) is 7.90. The molecule has 0 radical (unpaired) electrons. The van der Waals surface area contributed by atoms with Gasteiger partial charge in [-0.15, -0.1) is 0 Å². The predicted octanol–water partition coefficient (Wildman–Crippen LogP) is 5.76. The summed E-state index contributed by atoms with van der Waals surface area (Å²) in [5.74, 6) is -4.72. The number of carbonyl (C=O) groups excluding carboxylic acids is 6. The molecule has 4 aromatic carbocycles. The van der Waals surface area contributed by atoms with E-state index in [-0.39, 0.29) is 63.5 Å². The molecule has 0 fully saturated rings. The zero-order chi connectivity index (χ0) is 33.5. The van der Waals surface area contributed by atoms with Crippen LogP contribution in [-0.4, -0.2) is 35.8 Å². The normalized spacial score (nSPS) is 13.4. The summed E-state index contributed by atoms with van der Waals surface area (Å²) in [5.41, 5.74) is 2.59. The second-order valence-corrected chi connectivity index (χ2v) is 11.9. The van der Waals surface area contributed by atoms with Crippen molar-refractivity contribution in [1.29, 1.82) is 0 Å². The first-order valence-corrected chi connectivity index (χ1v) is 14.4. The van der Waals surface area contributed by atoms with E-state index in [0.29, 0.717) is 5.56 Å². The minimum absolute atomic E-state index is 0.0165. The maximum atomic E-state index is 13.2. The molecule has 0 saturated carbocycles. The summed E-state index contributed by atoms with van der Waals surface area (Å²) in [6.45, 7) is 6.19. The number of hydrogen-bond donors (Lipinski definition) is 0. The molecule has 0 unspecified atom stereocenters. The highest BCUT2D eigenvalue weighted by Crippen LogP contribution is 2.28. The highest BCUT2D eigenvalue weighted by Gasteiger charge is 2.31. The van der Waals surface area contributed by atoms with Gasteiger partial charge in [-0.3, -0.25) is 0 Å².